The van der Waals surface area contributed by atoms with E-state index in [-0.39, 0.29) is 5.41 Å². The van der Waals surface area contributed by atoms with Crippen LogP contribution >= 0.6 is 0 Å². The van der Waals surface area contributed by atoms with Crippen LogP contribution in [0.5, 0.6) is 0 Å². The van der Waals surface area contributed by atoms with Gasteiger partial charge in [0.2, 0.25) is 0 Å². The summed E-state index contributed by atoms with van der Waals surface area (Å²) >= 11 is 0. The molecular weight excluding hydrogens is 188 g/mol. The Labute approximate surface area is 93.0 Å². The van der Waals surface area contributed by atoms with Crippen molar-refractivity contribution in [1.82, 2.24) is 4.90 Å². The molecule has 1 saturated carbocycles. The number of hydrogen-bond acceptors (Lipinski definition) is 3. The van der Waals surface area contributed by atoms with Crippen LogP contribution < -0.4 is 0 Å². The molecule has 2 atom stereocenters. The molecule has 0 heterocycles. The highest BCUT2D eigenvalue weighted by molar-refractivity contribution is 5.03. The van der Waals surface area contributed by atoms with E-state index in [0.29, 0.717) is 18.6 Å². The van der Waals surface area contributed by atoms with Crippen molar-refractivity contribution >= 4 is 0 Å². The molecule has 1 fully saturated rings. The zero-order chi connectivity index (χ0) is 11.5. The minimum absolute atomic E-state index is 0.222. The lowest BCUT2D eigenvalue weighted by Crippen LogP contribution is -2.61. The number of nitrogens with zero attached hydrogens (tertiary/aromatic N) is 2. The summed E-state index contributed by atoms with van der Waals surface area (Å²) in [6.45, 7) is 8.21. The SMILES string of the molecule is CCOC1CC(N(C)CCC#N)C1(C)C. The summed E-state index contributed by atoms with van der Waals surface area (Å²) in [5.74, 6) is 0. The fraction of sp³-hybridized carbons (Fsp3) is 0.917. The third-order valence-corrected chi connectivity index (χ3v) is 3.60. The molecule has 0 amide bonds. The number of nitriles is 1. The maximum absolute atomic E-state index is 8.55. The molecule has 1 aliphatic carbocycles. The predicted octanol–water partition coefficient (Wildman–Crippen LogP) is 2.04. The third-order valence-electron chi connectivity index (χ3n) is 3.60. The summed E-state index contributed by atoms with van der Waals surface area (Å²) < 4.78 is 5.69. The molecule has 1 aliphatic rings. The Morgan fingerprint density at radius 1 is 1.53 bits per heavy atom. The molecule has 0 bridgehead atoms. The molecule has 15 heavy (non-hydrogen) atoms. The molecule has 3 heteroatoms. The first kappa shape index (κ1) is 12.5. The van der Waals surface area contributed by atoms with Gasteiger partial charge in [-0.3, -0.25) is 0 Å². The van der Waals surface area contributed by atoms with Gasteiger partial charge in [-0.05, 0) is 20.4 Å². The molecule has 0 aliphatic heterocycles. The van der Waals surface area contributed by atoms with Crippen molar-refractivity contribution < 1.29 is 4.74 Å². The average Bonchev–Trinajstić information content (AvgIpc) is 2.20. The molecule has 0 radical (unpaired) electrons. The highest BCUT2D eigenvalue weighted by atomic mass is 16.5. The monoisotopic (exact) mass is 210 g/mol. The minimum Gasteiger partial charge on any atom is -0.378 e. The van der Waals surface area contributed by atoms with Crippen molar-refractivity contribution in [2.24, 2.45) is 5.41 Å². The van der Waals surface area contributed by atoms with Gasteiger partial charge in [0.05, 0.1) is 12.2 Å². The van der Waals surface area contributed by atoms with Gasteiger partial charge in [-0.2, -0.15) is 5.26 Å². The molecule has 0 saturated heterocycles. The van der Waals surface area contributed by atoms with Gasteiger partial charge < -0.3 is 9.64 Å². The lowest BCUT2D eigenvalue weighted by molar-refractivity contribution is -0.144. The summed E-state index contributed by atoms with van der Waals surface area (Å²) in [7, 11) is 2.10. The van der Waals surface area contributed by atoms with E-state index >= 15 is 0 Å². The van der Waals surface area contributed by atoms with E-state index in [4.69, 9.17) is 10.00 Å². The van der Waals surface area contributed by atoms with Crippen LogP contribution in [0.15, 0.2) is 0 Å². The first-order valence-corrected chi connectivity index (χ1v) is 5.72. The Hall–Kier alpha value is -0.590. The fourth-order valence-electron chi connectivity index (χ4n) is 2.48. The van der Waals surface area contributed by atoms with Crippen molar-refractivity contribution in [3.05, 3.63) is 0 Å². The maximum atomic E-state index is 8.55. The fourth-order valence-corrected chi connectivity index (χ4v) is 2.48. The van der Waals surface area contributed by atoms with Gasteiger partial charge in [0.25, 0.3) is 0 Å². The van der Waals surface area contributed by atoms with Crippen LogP contribution in [0, 0.1) is 16.7 Å². The van der Waals surface area contributed by atoms with Crippen LogP contribution in [0.3, 0.4) is 0 Å². The Balaban J connectivity index is 2.43. The highest BCUT2D eigenvalue weighted by Crippen LogP contribution is 2.45. The Morgan fingerprint density at radius 2 is 2.20 bits per heavy atom. The van der Waals surface area contributed by atoms with Crippen LogP contribution in [-0.4, -0.2) is 37.2 Å². The van der Waals surface area contributed by atoms with E-state index in [9.17, 15) is 0 Å². The summed E-state index contributed by atoms with van der Waals surface area (Å²) in [6.07, 6.45) is 2.10. The smallest absolute Gasteiger partial charge is 0.0655 e. The van der Waals surface area contributed by atoms with E-state index in [1.54, 1.807) is 0 Å². The lowest BCUT2D eigenvalue weighted by atomic mass is 9.64. The first-order valence-electron chi connectivity index (χ1n) is 5.72. The van der Waals surface area contributed by atoms with Crippen molar-refractivity contribution in [1.29, 1.82) is 5.26 Å². The first-order chi connectivity index (χ1) is 7.04. The van der Waals surface area contributed by atoms with Crippen LogP contribution in [-0.2, 0) is 4.74 Å². The van der Waals surface area contributed by atoms with E-state index in [2.05, 4.69) is 31.9 Å². The number of hydrogen-bond donors (Lipinski definition) is 0. The van der Waals surface area contributed by atoms with E-state index < -0.39 is 0 Å². The summed E-state index contributed by atoms with van der Waals surface area (Å²) in [5.41, 5.74) is 0.222. The van der Waals surface area contributed by atoms with E-state index in [1.165, 1.54) is 0 Å². The molecule has 0 N–H and O–H groups in total. The second-order valence-electron chi connectivity index (χ2n) is 4.91. The maximum Gasteiger partial charge on any atom is 0.0655 e. The molecule has 2 unspecified atom stereocenters. The lowest BCUT2D eigenvalue weighted by Gasteiger charge is -2.55. The molecule has 0 aromatic heterocycles. The molecule has 0 spiro atoms. The predicted molar refractivity (Wildman–Crippen MR) is 60.5 cm³/mol. The Bertz CT molecular complexity index is 244. The molecule has 3 nitrogen and oxygen atoms in total. The third kappa shape index (κ3) is 2.50. The minimum atomic E-state index is 0.222. The van der Waals surface area contributed by atoms with Gasteiger partial charge in [-0.25, -0.2) is 0 Å². The normalized spacial score (nSPS) is 28.5. The van der Waals surface area contributed by atoms with Crippen molar-refractivity contribution in [2.45, 2.75) is 45.8 Å². The quantitative estimate of drug-likeness (QED) is 0.696. The van der Waals surface area contributed by atoms with E-state index in [1.807, 2.05) is 6.92 Å². The molecular formula is C12H22N2O. The van der Waals surface area contributed by atoms with Crippen molar-refractivity contribution in [3.8, 4) is 6.07 Å². The second kappa shape index (κ2) is 4.96. The van der Waals surface area contributed by atoms with Gasteiger partial charge in [-0.1, -0.05) is 13.8 Å². The Kier molecular flexibility index (Phi) is 4.12. The molecule has 1 rings (SSSR count). The zero-order valence-corrected chi connectivity index (χ0v) is 10.3. The van der Waals surface area contributed by atoms with Crippen molar-refractivity contribution in [2.75, 3.05) is 20.2 Å². The van der Waals surface area contributed by atoms with Crippen LogP contribution in [0.25, 0.3) is 0 Å². The van der Waals surface area contributed by atoms with Crippen molar-refractivity contribution in [3.63, 3.8) is 0 Å². The standard InChI is InChI=1S/C12H22N2O/c1-5-15-11-9-10(12(11,2)3)14(4)8-6-7-13/h10-11H,5-6,8-9H2,1-4H3. The van der Waals surface area contributed by atoms with Gasteiger partial charge in [-0.15, -0.1) is 0 Å². The number of rotatable bonds is 5. The van der Waals surface area contributed by atoms with Gasteiger partial charge in [0.15, 0.2) is 0 Å². The summed E-state index contributed by atoms with van der Waals surface area (Å²) in [6, 6.07) is 2.75. The van der Waals surface area contributed by atoms with Crippen LogP contribution in [0.2, 0.25) is 0 Å². The average molecular weight is 210 g/mol. The largest absolute Gasteiger partial charge is 0.378 e. The molecule has 0 aromatic rings. The molecule has 0 aromatic carbocycles. The summed E-state index contributed by atoms with van der Waals surface area (Å²) in [5, 5.41) is 8.55. The van der Waals surface area contributed by atoms with E-state index in [0.717, 1.165) is 19.6 Å². The molecule has 86 valence electrons. The Morgan fingerprint density at radius 3 is 2.67 bits per heavy atom. The van der Waals surface area contributed by atoms with Crippen LogP contribution in [0.4, 0.5) is 0 Å². The highest BCUT2D eigenvalue weighted by Gasteiger charge is 2.50. The van der Waals surface area contributed by atoms with Gasteiger partial charge >= 0.3 is 0 Å². The second-order valence-corrected chi connectivity index (χ2v) is 4.91. The summed E-state index contributed by atoms with van der Waals surface area (Å²) in [4.78, 5) is 2.29. The topological polar surface area (TPSA) is 36.3 Å². The zero-order valence-electron chi connectivity index (χ0n) is 10.3. The van der Waals surface area contributed by atoms with Gasteiger partial charge in [0, 0.05) is 31.0 Å². The van der Waals surface area contributed by atoms with Gasteiger partial charge in [0.1, 0.15) is 0 Å². The number of ether oxygens (including phenoxy) is 1. The van der Waals surface area contributed by atoms with Crippen LogP contribution in [0.1, 0.15) is 33.6 Å².